The molecule has 0 saturated heterocycles. The predicted molar refractivity (Wildman–Crippen MR) is 92.1 cm³/mol. The van der Waals surface area contributed by atoms with Crippen LogP contribution < -0.4 is 5.32 Å². The molecule has 0 radical (unpaired) electrons. The van der Waals surface area contributed by atoms with Gasteiger partial charge in [-0.1, -0.05) is 67.1 Å². The summed E-state index contributed by atoms with van der Waals surface area (Å²) in [5.41, 5.74) is 2.66. The lowest BCUT2D eigenvalue weighted by Gasteiger charge is -2.18. The molecule has 21 heavy (non-hydrogen) atoms. The average molecular weight is 302 g/mol. The molecule has 2 rings (SSSR count). The van der Waals surface area contributed by atoms with Gasteiger partial charge in [-0.15, -0.1) is 0 Å². The summed E-state index contributed by atoms with van der Waals surface area (Å²) < 4.78 is 0. The molecule has 1 N–H and O–H groups in total. The molecule has 1 atom stereocenters. The molecule has 2 aromatic rings. The van der Waals surface area contributed by atoms with Crippen LogP contribution in [0.3, 0.4) is 0 Å². The van der Waals surface area contributed by atoms with Gasteiger partial charge in [0.2, 0.25) is 0 Å². The van der Waals surface area contributed by atoms with Crippen LogP contribution in [0.15, 0.2) is 54.6 Å². The smallest absolute Gasteiger partial charge is 0.0437 e. The van der Waals surface area contributed by atoms with Gasteiger partial charge in [0, 0.05) is 11.6 Å². The minimum Gasteiger partial charge on any atom is -0.316 e. The molecule has 0 saturated carbocycles. The van der Waals surface area contributed by atoms with E-state index in [1.165, 1.54) is 17.5 Å². The van der Waals surface area contributed by atoms with Crippen LogP contribution >= 0.6 is 11.6 Å². The molecule has 1 unspecified atom stereocenters. The summed E-state index contributed by atoms with van der Waals surface area (Å²) in [5.74, 6) is 0.536. The van der Waals surface area contributed by atoms with Crippen LogP contribution in [0.4, 0.5) is 0 Å². The number of hydrogen-bond donors (Lipinski definition) is 1. The molecule has 0 fully saturated rings. The Hall–Kier alpha value is -1.31. The van der Waals surface area contributed by atoms with Crippen molar-refractivity contribution in [3.63, 3.8) is 0 Å². The highest BCUT2D eigenvalue weighted by Crippen LogP contribution is 2.24. The van der Waals surface area contributed by atoms with Crippen LogP contribution in [0, 0.1) is 0 Å². The second-order valence-electron chi connectivity index (χ2n) is 5.44. The van der Waals surface area contributed by atoms with Gasteiger partial charge in [0.15, 0.2) is 0 Å². The van der Waals surface area contributed by atoms with Crippen LogP contribution in [0.25, 0.3) is 0 Å². The Labute approximate surface area is 133 Å². The summed E-state index contributed by atoms with van der Waals surface area (Å²) >= 11 is 6.26. The van der Waals surface area contributed by atoms with E-state index in [4.69, 9.17) is 11.6 Å². The Morgan fingerprint density at radius 1 is 1.00 bits per heavy atom. The van der Waals surface area contributed by atoms with Crippen LogP contribution in [0.2, 0.25) is 5.02 Å². The van der Waals surface area contributed by atoms with Crippen molar-refractivity contribution in [2.75, 3.05) is 13.1 Å². The molecule has 0 bridgehead atoms. The number of nitrogens with one attached hydrogen (secondary N) is 1. The van der Waals surface area contributed by atoms with Crippen LogP contribution in [-0.2, 0) is 6.42 Å². The normalized spacial score (nSPS) is 12.3. The summed E-state index contributed by atoms with van der Waals surface area (Å²) in [5, 5.41) is 4.43. The standard InChI is InChI=1S/C19H24ClN/c1-2-14-21-15-18(16-8-4-3-5-9-16)13-12-17-10-6-7-11-19(17)20/h3-11,18,21H,2,12-15H2,1H3. The topological polar surface area (TPSA) is 12.0 Å². The molecule has 112 valence electrons. The molecule has 0 aliphatic heterocycles. The predicted octanol–water partition coefficient (Wildman–Crippen LogP) is 5.06. The fraction of sp³-hybridized carbons (Fsp3) is 0.368. The van der Waals surface area contributed by atoms with Gasteiger partial charge in [-0.05, 0) is 48.9 Å². The lowest BCUT2D eigenvalue weighted by Crippen LogP contribution is -2.22. The van der Waals surface area contributed by atoms with Crippen molar-refractivity contribution in [3.8, 4) is 0 Å². The SMILES string of the molecule is CCCNCC(CCc1ccccc1Cl)c1ccccc1. The maximum atomic E-state index is 6.26. The number of aryl methyl sites for hydroxylation is 1. The Balaban J connectivity index is 2.00. The van der Waals surface area contributed by atoms with Crippen molar-refractivity contribution >= 4 is 11.6 Å². The fourth-order valence-corrected chi connectivity index (χ4v) is 2.83. The Kier molecular flexibility index (Phi) is 6.78. The first-order valence-corrected chi connectivity index (χ1v) is 8.18. The molecule has 0 amide bonds. The van der Waals surface area contributed by atoms with Gasteiger partial charge in [-0.25, -0.2) is 0 Å². The molecule has 2 aromatic carbocycles. The molecule has 2 heteroatoms. The van der Waals surface area contributed by atoms with Gasteiger partial charge in [-0.3, -0.25) is 0 Å². The van der Waals surface area contributed by atoms with Gasteiger partial charge in [0.25, 0.3) is 0 Å². The van der Waals surface area contributed by atoms with Gasteiger partial charge in [0.1, 0.15) is 0 Å². The Morgan fingerprint density at radius 2 is 1.71 bits per heavy atom. The average Bonchev–Trinajstić information content (AvgIpc) is 2.53. The molecule has 0 aromatic heterocycles. The molecule has 1 nitrogen and oxygen atoms in total. The van der Waals surface area contributed by atoms with Crippen LogP contribution in [0.5, 0.6) is 0 Å². The largest absolute Gasteiger partial charge is 0.316 e. The van der Waals surface area contributed by atoms with Gasteiger partial charge >= 0.3 is 0 Å². The number of rotatable bonds is 8. The minimum absolute atomic E-state index is 0.536. The van der Waals surface area contributed by atoms with Crippen molar-refractivity contribution in [3.05, 3.63) is 70.7 Å². The molecular weight excluding hydrogens is 278 g/mol. The van der Waals surface area contributed by atoms with Crippen LogP contribution in [-0.4, -0.2) is 13.1 Å². The van der Waals surface area contributed by atoms with E-state index < -0.39 is 0 Å². The van der Waals surface area contributed by atoms with Crippen molar-refractivity contribution in [2.24, 2.45) is 0 Å². The molecule has 0 spiro atoms. The third-order valence-corrected chi connectivity index (χ3v) is 4.18. The fourth-order valence-electron chi connectivity index (χ4n) is 2.60. The Bertz CT molecular complexity index is 524. The second-order valence-corrected chi connectivity index (χ2v) is 5.85. The number of halogens is 1. The zero-order valence-electron chi connectivity index (χ0n) is 12.7. The highest BCUT2D eigenvalue weighted by atomic mass is 35.5. The van der Waals surface area contributed by atoms with Crippen molar-refractivity contribution in [1.82, 2.24) is 5.32 Å². The van der Waals surface area contributed by atoms with E-state index in [1.807, 2.05) is 12.1 Å². The second kappa shape index (κ2) is 8.86. The summed E-state index contributed by atoms with van der Waals surface area (Å²) in [7, 11) is 0. The van der Waals surface area contributed by atoms with E-state index in [2.05, 4.69) is 54.7 Å². The minimum atomic E-state index is 0.536. The van der Waals surface area contributed by atoms with Crippen molar-refractivity contribution in [1.29, 1.82) is 0 Å². The first-order valence-electron chi connectivity index (χ1n) is 7.80. The summed E-state index contributed by atoms with van der Waals surface area (Å²) in [4.78, 5) is 0. The quantitative estimate of drug-likeness (QED) is 0.672. The highest BCUT2D eigenvalue weighted by molar-refractivity contribution is 6.31. The highest BCUT2D eigenvalue weighted by Gasteiger charge is 2.12. The first-order chi connectivity index (χ1) is 10.3. The maximum absolute atomic E-state index is 6.26. The first kappa shape index (κ1) is 16.1. The number of hydrogen-bond acceptors (Lipinski definition) is 1. The van der Waals surface area contributed by atoms with Crippen LogP contribution in [0.1, 0.15) is 36.8 Å². The van der Waals surface area contributed by atoms with E-state index in [0.717, 1.165) is 31.0 Å². The summed E-state index contributed by atoms with van der Waals surface area (Å²) in [6.07, 6.45) is 3.31. The zero-order chi connectivity index (χ0) is 14.9. The maximum Gasteiger partial charge on any atom is 0.0437 e. The summed E-state index contributed by atoms with van der Waals surface area (Å²) in [6.45, 7) is 4.31. The molecule has 0 heterocycles. The monoisotopic (exact) mass is 301 g/mol. The van der Waals surface area contributed by atoms with E-state index >= 15 is 0 Å². The van der Waals surface area contributed by atoms with E-state index in [-0.39, 0.29) is 0 Å². The number of benzene rings is 2. The molecule has 0 aliphatic carbocycles. The Morgan fingerprint density at radius 3 is 2.43 bits per heavy atom. The van der Waals surface area contributed by atoms with Gasteiger partial charge in [0.05, 0.1) is 0 Å². The lowest BCUT2D eigenvalue weighted by molar-refractivity contribution is 0.548. The van der Waals surface area contributed by atoms with Gasteiger partial charge < -0.3 is 5.32 Å². The molecule has 0 aliphatic rings. The zero-order valence-corrected chi connectivity index (χ0v) is 13.4. The van der Waals surface area contributed by atoms with Gasteiger partial charge in [-0.2, -0.15) is 0 Å². The van der Waals surface area contributed by atoms with Crippen molar-refractivity contribution in [2.45, 2.75) is 32.1 Å². The third kappa shape index (κ3) is 5.18. The molecular formula is C19H24ClN. The van der Waals surface area contributed by atoms with E-state index in [1.54, 1.807) is 0 Å². The summed E-state index contributed by atoms with van der Waals surface area (Å²) in [6, 6.07) is 18.9. The van der Waals surface area contributed by atoms with E-state index in [0.29, 0.717) is 5.92 Å². The van der Waals surface area contributed by atoms with E-state index in [9.17, 15) is 0 Å². The lowest BCUT2D eigenvalue weighted by atomic mass is 9.92. The third-order valence-electron chi connectivity index (χ3n) is 3.81. The van der Waals surface area contributed by atoms with Crippen molar-refractivity contribution < 1.29 is 0 Å².